The third kappa shape index (κ3) is 3.95. The average Bonchev–Trinajstić information content (AvgIpc) is 2.91. The van der Waals surface area contributed by atoms with Crippen LogP contribution < -0.4 is 5.32 Å². The summed E-state index contributed by atoms with van der Waals surface area (Å²) in [5, 5.41) is 8.10. The number of piperazine rings is 1. The summed E-state index contributed by atoms with van der Waals surface area (Å²) in [5.74, 6) is 1.27. The second-order valence-electron chi connectivity index (χ2n) is 5.04. The summed E-state index contributed by atoms with van der Waals surface area (Å²) >= 11 is 5.87. The highest BCUT2D eigenvalue weighted by Gasteiger charge is 2.20. The minimum Gasteiger partial charge on any atom is -0.338 e. The molecule has 114 valence electrons. The summed E-state index contributed by atoms with van der Waals surface area (Å²) in [6.07, 6.45) is 0. The summed E-state index contributed by atoms with van der Waals surface area (Å²) in [5.41, 5.74) is 0.915. The summed E-state index contributed by atoms with van der Waals surface area (Å²) < 4.78 is 5.34. The number of aromatic nitrogens is 2. The van der Waals surface area contributed by atoms with E-state index in [1.54, 1.807) is 0 Å². The SMILES string of the molecule is C[C@H]1CNCCN1Cc1nc(-c2ccc(Cl)cc2)no1.Cl. The van der Waals surface area contributed by atoms with Crippen molar-refractivity contribution >= 4 is 24.0 Å². The first-order chi connectivity index (χ1) is 9.72. The highest BCUT2D eigenvalue weighted by atomic mass is 35.5. The third-order valence-electron chi connectivity index (χ3n) is 3.55. The molecule has 2 heterocycles. The molecule has 1 aliphatic rings. The van der Waals surface area contributed by atoms with Gasteiger partial charge >= 0.3 is 0 Å². The maximum Gasteiger partial charge on any atom is 0.241 e. The quantitative estimate of drug-likeness (QED) is 0.938. The summed E-state index contributed by atoms with van der Waals surface area (Å²) in [6, 6.07) is 7.92. The number of hydrogen-bond donors (Lipinski definition) is 1. The van der Waals surface area contributed by atoms with Gasteiger partial charge < -0.3 is 9.84 Å². The van der Waals surface area contributed by atoms with Gasteiger partial charge in [0.15, 0.2) is 0 Å². The molecule has 0 saturated carbocycles. The van der Waals surface area contributed by atoms with Gasteiger partial charge in [-0.15, -0.1) is 12.4 Å². The maximum absolute atomic E-state index is 5.87. The van der Waals surface area contributed by atoms with E-state index in [-0.39, 0.29) is 12.4 Å². The molecule has 0 amide bonds. The standard InChI is InChI=1S/C14H17ClN4O.ClH/c1-10-8-16-6-7-19(10)9-13-17-14(18-20-13)11-2-4-12(15)5-3-11;/h2-5,10,16H,6-9H2,1H3;1H/t10-;/m0./s1. The molecular weight excluding hydrogens is 311 g/mol. The van der Waals surface area contributed by atoms with Gasteiger partial charge in [-0.25, -0.2) is 0 Å². The first kappa shape index (κ1) is 16.2. The van der Waals surface area contributed by atoms with E-state index in [9.17, 15) is 0 Å². The van der Waals surface area contributed by atoms with E-state index in [1.165, 1.54) is 0 Å². The maximum atomic E-state index is 5.87. The van der Waals surface area contributed by atoms with Gasteiger partial charge in [-0.2, -0.15) is 4.98 Å². The van der Waals surface area contributed by atoms with Crippen molar-refractivity contribution in [3.8, 4) is 11.4 Å². The fourth-order valence-corrected chi connectivity index (χ4v) is 2.45. The van der Waals surface area contributed by atoms with Crippen LogP contribution in [0.15, 0.2) is 28.8 Å². The van der Waals surface area contributed by atoms with Crippen LogP contribution in [-0.4, -0.2) is 40.7 Å². The molecule has 1 aliphatic heterocycles. The molecule has 0 bridgehead atoms. The molecule has 0 aliphatic carbocycles. The molecule has 1 saturated heterocycles. The van der Waals surface area contributed by atoms with Gasteiger partial charge in [0, 0.05) is 36.3 Å². The van der Waals surface area contributed by atoms with Gasteiger partial charge in [0.05, 0.1) is 6.54 Å². The normalized spacial score (nSPS) is 19.2. The molecular formula is C14H18Cl2N4O. The van der Waals surface area contributed by atoms with E-state index in [2.05, 4.69) is 27.3 Å². The summed E-state index contributed by atoms with van der Waals surface area (Å²) in [6.45, 7) is 5.90. The van der Waals surface area contributed by atoms with Gasteiger partial charge in [-0.3, -0.25) is 4.90 Å². The Kier molecular flexibility index (Phi) is 5.58. The Balaban J connectivity index is 0.00000161. The summed E-state index contributed by atoms with van der Waals surface area (Å²) in [4.78, 5) is 6.80. The van der Waals surface area contributed by atoms with Crippen LogP contribution in [-0.2, 0) is 6.54 Å². The van der Waals surface area contributed by atoms with Crippen LogP contribution in [0.3, 0.4) is 0 Å². The molecule has 1 fully saturated rings. The predicted octanol–water partition coefficient (Wildman–Crippen LogP) is 2.61. The fourth-order valence-electron chi connectivity index (χ4n) is 2.33. The van der Waals surface area contributed by atoms with Crippen molar-refractivity contribution in [3.63, 3.8) is 0 Å². The Bertz CT molecular complexity index is 573. The lowest BCUT2D eigenvalue weighted by Crippen LogP contribution is -2.49. The minimum atomic E-state index is 0. The zero-order valence-corrected chi connectivity index (χ0v) is 13.3. The molecule has 1 aromatic carbocycles. The molecule has 7 heteroatoms. The Labute approximate surface area is 135 Å². The predicted molar refractivity (Wildman–Crippen MR) is 84.7 cm³/mol. The Morgan fingerprint density at radius 1 is 1.38 bits per heavy atom. The van der Waals surface area contributed by atoms with E-state index in [0.29, 0.717) is 29.3 Å². The van der Waals surface area contributed by atoms with Crippen LogP contribution >= 0.6 is 24.0 Å². The van der Waals surface area contributed by atoms with Gasteiger partial charge in [-0.05, 0) is 31.2 Å². The van der Waals surface area contributed by atoms with Crippen LogP contribution in [0.4, 0.5) is 0 Å². The zero-order valence-electron chi connectivity index (χ0n) is 11.8. The molecule has 0 spiro atoms. The molecule has 0 radical (unpaired) electrons. The van der Waals surface area contributed by atoms with E-state index >= 15 is 0 Å². The van der Waals surface area contributed by atoms with E-state index in [0.717, 1.165) is 25.2 Å². The Morgan fingerprint density at radius 3 is 2.86 bits per heavy atom. The zero-order chi connectivity index (χ0) is 13.9. The third-order valence-corrected chi connectivity index (χ3v) is 3.80. The topological polar surface area (TPSA) is 54.2 Å². The Morgan fingerprint density at radius 2 is 2.14 bits per heavy atom. The highest BCUT2D eigenvalue weighted by Crippen LogP contribution is 2.19. The van der Waals surface area contributed by atoms with Crippen LogP contribution in [0.25, 0.3) is 11.4 Å². The lowest BCUT2D eigenvalue weighted by Gasteiger charge is -2.32. The van der Waals surface area contributed by atoms with E-state index in [1.807, 2.05) is 24.3 Å². The molecule has 1 N–H and O–H groups in total. The van der Waals surface area contributed by atoms with Crippen molar-refractivity contribution in [2.45, 2.75) is 19.5 Å². The first-order valence-electron chi connectivity index (χ1n) is 6.75. The van der Waals surface area contributed by atoms with Crippen molar-refractivity contribution in [3.05, 3.63) is 35.2 Å². The number of hydrogen-bond acceptors (Lipinski definition) is 5. The summed E-state index contributed by atoms with van der Waals surface area (Å²) in [7, 11) is 0. The Hall–Kier alpha value is -1.14. The van der Waals surface area contributed by atoms with E-state index < -0.39 is 0 Å². The lowest BCUT2D eigenvalue weighted by molar-refractivity contribution is 0.146. The second kappa shape index (κ2) is 7.22. The van der Waals surface area contributed by atoms with Crippen LogP contribution in [0.1, 0.15) is 12.8 Å². The number of nitrogens with zero attached hydrogens (tertiary/aromatic N) is 3. The van der Waals surface area contributed by atoms with Crippen molar-refractivity contribution in [2.75, 3.05) is 19.6 Å². The number of rotatable bonds is 3. The first-order valence-corrected chi connectivity index (χ1v) is 7.13. The minimum absolute atomic E-state index is 0. The van der Waals surface area contributed by atoms with Crippen molar-refractivity contribution in [1.82, 2.24) is 20.4 Å². The average molecular weight is 329 g/mol. The van der Waals surface area contributed by atoms with Crippen molar-refractivity contribution in [2.24, 2.45) is 0 Å². The second-order valence-corrected chi connectivity index (χ2v) is 5.48. The highest BCUT2D eigenvalue weighted by molar-refractivity contribution is 6.30. The molecule has 21 heavy (non-hydrogen) atoms. The lowest BCUT2D eigenvalue weighted by atomic mass is 10.2. The van der Waals surface area contributed by atoms with Crippen molar-refractivity contribution < 1.29 is 4.52 Å². The molecule has 0 unspecified atom stereocenters. The van der Waals surface area contributed by atoms with Gasteiger partial charge in [0.25, 0.3) is 0 Å². The smallest absolute Gasteiger partial charge is 0.241 e. The van der Waals surface area contributed by atoms with Crippen LogP contribution in [0.2, 0.25) is 5.02 Å². The van der Waals surface area contributed by atoms with Crippen LogP contribution in [0.5, 0.6) is 0 Å². The van der Waals surface area contributed by atoms with Crippen LogP contribution in [0, 0.1) is 0 Å². The fraction of sp³-hybridized carbons (Fsp3) is 0.429. The molecule has 5 nitrogen and oxygen atoms in total. The monoisotopic (exact) mass is 328 g/mol. The largest absolute Gasteiger partial charge is 0.338 e. The number of halogens is 2. The van der Waals surface area contributed by atoms with Gasteiger partial charge in [0.1, 0.15) is 0 Å². The molecule has 3 rings (SSSR count). The molecule has 1 aromatic heterocycles. The van der Waals surface area contributed by atoms with Crippen molar-refractivity contribution in [1.29, 1.82) is 0 Å². The van der Waals surface area contributed by atoms with Gasteiger partial charge in [0.2, 0.25) is 11.7 Å². The molecule has 1 atom stereocenters. The van der Waals surface area contributed by atoms with E-state index in [4.69, 9.17) is 16.1 Å². The number of nitrogens with one attached hydrogen (secondary N) is 1. The molecule has 2 aromatic rings. The number of benzene rings is 1. The van der Waals surface area contributed by atoms with Gasteiger partial charge in [-0.1, -0.05) is 16.8 Å².